The third-order valence-corrected chi connectivity index (χ3v) is 3.77. The number of aliphatic carboxylic acids is 1. The van der Waals surface area contributed by atoms with Crippen LogP contribution in [0.1, 0.15) is 17.2 Å². The fraction of sp³-hybridized carbons (Fsp3) is 0.133. The Labute approximate surface area is 124 Å². The van der Waals surface area contributed by atoms with Crippen LogP contribution in [-0.4, -0.2) is 11.1 Å². The Hall–Kier alpha value is -1.88. The second-order valence-electron chi connectivity index (χ2n) is 4.43. The molecule has 0 aromatic heterocycles. The molecule has 3 nitrogen and oxygen atoms in total. The largest absolute Gasteiger partial charge is 0.479 e. The summed E-state index contributed by atoms with van der Waals surface area (Å²) in [7, 11) is 0. The van der Waals surface area contributed by atoms with Gasteiger partial charge < -0.3 is 10.4 Å². The Morgan fingerprint density at radius 1 is 1.30 bits per heavy atom. The number of halogens is 2. The van der Waals surface area contributed by atoms with Crippen LogP contribution in [0.25, 0.3) is 0 Å². The number of hydrogen-bond donors (Lipinski definition) is 2. The maximum atomic E-state index is 13.1. The number of carbonyl (C=O) groups is 1. The third-order valence-electron chi connectivity index (χ3n) is 2.91. The summed E-state index contributed by atoms with van der Waals surface area (Å²) in [6.07, 6.45) is 0. The van der Waals surface area contributed by atoms with Crippen molar-refractivity contribution in [1.82, 2.24) is 0 Å². The van der Waals surface area contributed by atoms with E-state index in [1.807, 2.05) is 13.0 Å². The molecule has 0 saturated carbocycles. The molecule has 0 heterocycles. The van der Waals surface area contributed by atoms with Gasteiger partial charge in [0.25, 0.3) is 0 Å². The first-order chi connectivity index (χ1) is 9.47. The molecule has 0 aliphatic rings. The quantitative estimate of drug-likeness (QED) is 0.881. The minimum absolute atomic E-state index is 0.413. The summed E-state index contributed by atoms with van der Waals surface area (Å²) in [5, 5.41) is 12.2. The highest BCUT2D eigenvalue weighted by molar-refractivity contribution is 9.10. The first-order valence-electron chi connectivity index (χ1n) is 5.98. The summed E-state index contributed by atoms with van der Waals surface area (Å²) < 4.78 is 14.0. The van der Waals surface area contributed by atoms with Crippen LogP contribution in [0, 0.1) is 12.7 Å². The molecule has 0 radical (unpaired) electrons. The van der Waals surface area contributed by atoms with Gasteiger partial charge in [-0.1, -0.05) is 34.1 Å². The van der Waals surface area contributed by atoms with Crippen LogP contribution < -0.4 is 5.32 Å². The highest BCUT2D eigenvalue weighted by atomic mass is 79.9. The number of aryl methyl sites for hydroxylation is 1. The molecule has 20 heavy (non-hydrogen) atoms. The fourth-order valence-corrected chi connectivity index (χ4v) is 2.22. The van der Waals surface area contributed by atoms with Crippen molar-refractivity contribution in [3.63, 3.8) is 0 Å². The van der Waals surface area contributed by atoms with E-state index >= 15 is 0 Å². The van der Waals surface area contributed by atoms with Crippen LogP contribution in [0.4, 0.5) is 10.1 Å². The molecule has 0 saturated heterocycles. The lowest BCUT2D eigenvalue weighted by atomic mass is 10.0. The fourth-order valence-electron chi connectivity index (χ4n) is 1.82. The molecule has 2 rings (SSSR count). The zero-order chi connectivity index (χ0) is 14.7. The predicted octanol–water partition coefficient (Wildman–Crippen LogP) is 4.13. The Morgan fingerprint density at radius 3 is 2.65 bits per heavy atom. The number of anilines is 1. The SMILES string of the molecule is Cc1ccc(C(Nc2cccc(F)c2)C(=O)O)cc1Br. The molecule has 1 unspecified atom stereocenters. The van der Waals surface area contributed by atoms with Gasteiger partial charge in [0, 0.05) is 10.2 Å². The minimum atomic E-state index is -1.02. The minimum Gasteiger partial charge on any atom is -0.479 e. The van der Waals surface area contributed by atoms with E-state index in [-0.39, 0.29) is 0 Å². The normalized spacial score (nSPS) is 11.9. The van der Waals surface area contributed by atoms with Gasteiger partial charge in [0.2, 0.25) is 0 Å². The van der Waals surface area contributed by atoms with Gasteiger partial charge in [-0.05, 0) is 42.3 Å². The third kappa shape index (κ3) is 3.36. The Bertz CT molecular complexity index is 646. The molecular formula is C15H13BrFNO2. The van der Waals surface area contributed by atoms with Gasteiger partial charge in [-0.25, -0.2) is 9.18 Å². The summed E-state index contributed by atoms with van der Waals surface area (Å²) in [6.45, 7) is 1.92. The van der Waals surface area contributed by atoms with Crippen LogP contribution in [0.15, 0.2) is 46.9 Å². The molecule has 1 atom stereocenters. The van der Waals surface area contributed by atoms with Gasteiger partial charge in [-0.2, -0.15) is 0 Å². The highest BCUT2D eigenvalue weighted by Gasteiger charge is 2.20. The van der Waals surface area contributed by atoms with Crippen molar-refractivity contribution in [2.75, 3.05) is 5.32 Å². The van der Waals surface area contributed by atoms with Crippen molar-refractivity contribution in [3.8, 4) is 0 Å². The lowest BCUT2D eigenvalue weighted by Gasteiger charge is -2.17. The maximum absolute atomic E-state index is 13.1. The van der Waals surface area contributed by atoms with Crippen LogP contribution in [0.2, 0.25) is 0 Å². The molecule has 5 heteroatoms. The molecule has 2 aromatic carbocycles. The molecule has 104 valence electrons. The van der Waals surface area contributed by atoms with Crippen molar-refractivity contribution in [1.29, 1.82) is 0 Å². The molecule has 0 aliphatic carbocycles. The molecule has 0 spiro atoms. The smallest absolute Gasteiger partial charge is 0.330 e. The van der Waals surface area contributed by atoms with Crippen LogP contribution in [0.5, 0.6) is 0 Å². The van der Waals surface area contributed by atoms with E-state index in [1.165, 1.54) is 18.2 Å². The van der Waals surface area contributed by atoms with Gasteiger partial charge in [0.05, 0.1) is 0 Å². The number of rotatable bonds is 4. The predicted molar refractivity (Wildman–Crippen MR) is 79.3 cm³/mol. The number of carboxylic acid groups (broad SMARTS) is 1. The van der Waals surface area contributed by atoms with Gasteiger partial charge in [-0.3, -0.25) is 0 Å². The van der Waals surface area contributed by atoms with Crippen LogP contribution >= 0.6 is 15.9 Å². The second-order valence-corrected chi connectivity index (χ2v) is 5.29. The highest BCUT2D eigenvalue weighted by Crippen LogP contribution is 2.25. The van der Waals surface area contributed by atoms with Crippen molar-refractivity contribution < 1.29 is 14.3 Å². The number of nitrogens with one attached hydrogen (secondary N) is 1. The standard InChI is InChI=1S/C15H13BrFNO2/c1-9-5-6-10(7-13(9)16)14(15(19)20)18-12-4-2-3-11(17)8-12/h2-8,14,18H,1H3,(H,19,20). The first-order valence-corrected chi connectivity index (χ1v) is 6.77. The van der Waals surface area contributed by atoms with E-state index < -0.39 is 17.8 Å². The van der Waals surface area contributed by atoms with Crippen LogP contribution in [-0.2, 0) is 4.79 Å². The van der Waals surface area contributed by atoms with Crippen LogP contribution in [0.3, 0.4) is 0 Å². The zero-order valence-electron chi connectivity index (χ0n) is 10.7. The van der Waals surface area contributed by atoms with E-state index in [4.69, 9.17) is 0 Å². The van der Waals surface area contributed by atoms with E-state index in [1.54, 1.807) is 18.2 Å². The summed E-state index contributed by atoms with van der Waals surface area (Å²) in [5.74, 6) is -1.44. The lowest BCUT2D eigenvalue weighted by Crippen LogP contribution is -2.20. The Morgan fingerprint density at radius 2 is 2.05 bits per heavy atom. The zero-order valence-corrected chi connectivity index (χ0v) is 12.3. The lowest BCUT2D eigenvalue weighted by molar-refractivity contribution is -0.138. The van der Waals surface area contributed by atoms with Gasteiger partial charge in [0.15, 0.2) is 6.04 Å². The maximum Gasteiger partial charge on any atom is 0.330 e. The molecule has 0 aliphatic heterocycles. The van der Waals surface area contributed by atoms with Gasteiger partial charge >= 0.3 is 5.97 Å². The molecular weight excluding hydrogens is 325 g/mol. The molecule has 0 bridgehead atoms. The summed E-state index contributed by atoms with van der Waals surface area (Å²) in [4.78, 5) is 11.4. The van der Waals surface area contributed by atoms with Crippen molar-refractivity contribution >= 4 is 27.6 Å². The van der Waals surface area contributed by atoms with E-state index in [2.05, 4.69) is 21.2 Å². The van der Waals surface area contributed by atoms with Crippen molar-refractivity contribution in [2.45, 2.75) is 13.0 Å². The second kappa shape index (κ2) is 6.05. The van der Waals surface area contributed by atoms with Gasteiger partial charge in [0.1, 0.15) is 5.82 Å². The Kier molecular flexibility index (Phi) is 4.39. The van der Waals surface area contributed by atoms with Crippen molar-refractivity contribution in [2.24, 2.45) is 0 Å². The number of carboxylic acids is 1. The van der Waals surface area contributed by atoms with Gasteiger partial charge in [-0.15, -0.1) is 0 Å². The summed E-state index contributed by atoms with van der Waals surface area (Å²) in [6, 6.07) is 10.1. The Balaban J connectivity index is 2.32. The molecule has 2 aromatic rings. The van der Waals surface area contributed by atoms with E-state index in [0.29, 0.717) is 11.3 Å². The van der Waals surface area contributed by atoms with Crippen molar-refractivity contribution in [3.05, 3.63) is 63.9 Å². The van der Waals surface area contributed by atoms with E-state index in [9.17, 15) is 14.3 Å². The first kappa shape index (κ1) is 14.5. The molecule has 0 fully saturated rings. The monoisotopic (exact) mass is 337 g/mol. The average Bonchev–Trinajstić information content (AvgIpc) is 2.39. The summed E-state index contributed by atoms with van der Waals surface area (Å²) >= 11 is 3.38. The van der Waals surface area contributed by atoms with E-state index in [0.717, 1.165) is 10.0 Å². The number of hydrogen-bond acceptors (Lipinski definition) is 2. The topological polar surface area (TPSA) is 49.3 Å². The molecule has 0 amide bonds. The summed E-state index contributed by atoms with van der Waals surface area (Å²) in [5.41, 5.74) is 2.04. The molecule has 2 N–H and O–H groups in total. The average molecular weight is 338 g/mol. The number of benzene rings is 2.